The molecule has 1 aliphatic carbocycles. The zero-order valence-corrected chi connectivity index (χ0v) is 11.1. The van der Waals surface area contributed by atoms with Gasteiger partial charge in [0, 0.05) is 18.8 Å². The molecule has 0 saturated heterocycles. The molecule has 1 aliphatic rings. The van der Waals surface area contributed by atoms with Crippen molar-refractivity contribution in [2.24, 2.45) is 5.41 Å². The second kappa shape index (κ2) is 5.48. The minimum Gasteiger partial charge on any atom is -0.496 e. The highest BCUT2D eigenvalue weighted by molar-refractivity contribution is 6.01. The summed E-state index contributed by atoms with van der Waals surface area (Å²) in [4.78, 5) is 12.2. The van der Waals surface area contributed by atoms with Gasteiger partial charge in [-0.1, -0.05) is 6.07 Å². The minimum atomic E-state index is -0.223. The molecule has 5 heteroatoms. The fourth-order valence-corrected chi connectivity index (χ4v) is 2.25. The first-order valence-electron chi connectivity index (χ1n) is 6.43. The number of rotatable bonds is 6. The maximum Gasteiger partial charge on any atom is 0.257 e. The molecule has 0 unspecified atom stereocenters. The predicted molar refractivity (Wildman–Crippen MR) is 73.1 cm³/mol. The van der Waals surface area contributed by atoms with Crippen LogP contribution in [0.1, 0.15) is 29.6 Å². The standard InChI is InChI=1S/C14H20N2O3/c1-19-11-4-2-3-10(15)12(11)13(18)16-9-14(5-6-14)7-8-17/h2-4,17H,5-9,15H2,1H3,(H,16,18). The summed E-state index contributed by atoms with van der Waals surface area (Å²) < 4.78 is 5.16. The number of nitrogen functional groups attached to an aromatic ring is 1. The highest BCUT2D eigenvalue weighted by Gasteiger charge is 2.42. The number of nitrogens with two attached hydrogens (primary N) is 1. The quantitative estimate of drug-likeness (QED) is 0.673. The van der Waals surface area contributed by atoms with E-state index in [1.165, 1.54) is 7.11 Å². The maximum atomic E-state index is 12.2. The highest BCUT2D eigenvalue weighted by Crippen LogP contribution is 2.48. The van der Waals surface area contributed by atoms with E-state index in [4.69, 9.17) is 15.6 Å². The third kappa shape index (κ3) is 2.98. The van der Waals surface area contributed by atoms with Gasteiger partial charge >= 0.3 is 0 Å². The first-order valence-corrected chi connectivity index (χ1v) is 6.43. The number of aliphatic hydroxyl groups excluding tert-OH is 1. The van der Waals surface area contributed by atoms with Gasteiger partial charge in [0.25, 0.3) is 5.91 Å². The number of carbonyl (C=O) groups is 1. The molecule has 0 atom stereocenters. The Hall–Kier alpha value is -1.75. The lowest BCUT2D eigenvalue weighted by Crippen LogP contribution is -2.31. The van der Waals surface area contributed by atoms with Gasteiger partial charge in [-0.05, 0) is 36.8 Å². The molecule has 0 aromatic heterocycles. The number of aliphatic hydroxyl groups is 1. The van der Waals surface area contributed by atoms with Crippen LogP contribution in [0.5, 0.6) is 5.75 Å². The second-order valence-corrected chi connectivity index (χ2v) is 5.08. The molecule has 19 heavy (non-hydrogen) atoms. The van der Waals surface area contributed by atoms with Crippen LogP contribution < -0.4 is 15.8 Å². The fourth-order valence-electron chi connectivity index (χ4n) is 2.25. The topological polar surface area (TPSA) is 84.6 Å². The van der Waals surface area contributed by atoms with Crippen molar-refractivity contribution in [3.8, 4) is 5.75 Å². The third-order valence-corrected chi connectivity index (χ3v) is 3.73. The fraction of sp³-hybridized carbons (Fsp3) is 0.500. The van der Waals surface area contributed by atoms with Gasteiger partial charge in [0.2, 0.25) is 0 Å². The Kier molecular flexibility index (Phi) is 3.95. The van der Waals surface area contributed by atoms with Crippen molar-refractivity contribution in [1.82, 2.24) is 5.32 Å². The van der Waals surface area contributed by atoms with E-state index in [0.717, 1.165) is 19.3 Å². The van der Waals surface area contributed by atoms with Crippen molar-refractivity contribution in [1.29, 1.82) is 0 Å². The van der Waals surface area contributed by atoms with Gasteiger partial charge in [-0.3, -0.25) is 4.79 Å². The third-order valence-electron chi connectivity index (χ3n) is 3.73. The van der Waals surface area contributed by atoms with Crippen molar-refractivity contribution in [2.75, 3.05) is 26.0 Å². The molecule has 0 bridgehead atoms. The number of nitrogens with one attached hydrogen (secondary N) is 1. The molecule has 1 fully saturated rings. The maximum absolute atomic E-state index is 12.2. The van der Waals surface area contributed by atoms with Gasteiger partial charge in [0.15, 0.2) is 0 Å². The van der Waals surface area contributed by atoms with Gasteiger partial charge < -0.3 is 20.9 Å². The zero-order valence-electron chi connectivity index (χ0n) is 11.1. The van der Waals surface area contributed by atoms with Crippen molar-refractivity contribution < 1.29 is 14.6 Å². The van der Waals surface area contributed by atoms with Gasteiger partial charge in [-0.15, -0.1) is 0 Å². The SMILES string of the molecule is COc1cccc(N)c1C(=O)NCC1(CCO)CC1. The monoisotopic (exact) mass is 264 g/mol. The van der Waals surface area contributed by atoms with Crippen LogP contribution in [0.15, 0.2) is 18.2 Å². The summed E-state index contributed by atoms with van der Waals surface area (Å²) in [6, 6.07) is 5.14. The van der Waals surface area contributed by atoms with Gasteiger partial charge in [0.1, 0.15) is 11.3 Å². The lowest BCUT2D eigenvalue weighted by molar-refractivity contribution is 0.0938. The van der Waals surface area contributed by atoms with Crippen LogP contribution in [0, 0.1) is 5.41 Å². The van der Waals surface area contributed by atoms with Crippen LogP contribution in [0.4, 0.5) is 5.69 Å². The number of anilines is 1. The van der Waals surface area contributed by atoms with E-state index in [1.807, 2.05) is 0 Å². The Labute approximate surface area is 112 Å². The second-order valence-electron chi connectivity index (χ2n) is 5.08. The van der Waals surface area contributed by atoms with E-state index in [0.29, 0.717) is 23.5 Å². The number of amides is 1. The first kappa shape index (κ1) is 13.7. The van der Waals surface area contributed by atoms with Gasteiger partial charge in [0.05, 0.1) is 7.11 Å². The molecule has 1 amide bonds. The number of hydrogen-bond donors (Lipinski definition) is 3. The van der Waals surface area contributed by atoms with Gasteiger partial charge in [-0.25, -0.2) is 0 Å². The molecule has 1 saturated carbocycles. The summed E-state index contributed by atoms with van der Waals surface area (Å²) in [5.74, 6) is 0.253. The summed E-state index contributed by atoms with van der Waals surface area (Å²) in [6.45, 7) is 0.733. The molecule has 0 spiro atoms. The molecule has 4 N–H and O–H groups in total. The van der Waals surface area contributed by atoms with E-state index < -0.39 is 0 Å². The average molecular weight is 264 g/mol. The summed E-state index contributed by atoms with van der Waals surface area (Å²) in [5.41, 5.74) is 6.70. The van der Waals surface area contributed by atoms with Crippen LogP contribution in [-0.2, 0) is 0 Å². The molecule has 104 valence electrons. The molecular formula is C14H20N2O3. The smallest absolute Gasteiger partial charge is 0.257 e. The van der Waals surface area contributed by atoms with E-state index in [1.54, 1.807) is 18.2 Å². The number of carbonyl (C=O) groups excluding carboxylic acids is 1. The molecule has 1 aromatic carbocycles. The molecule has 1 aromatic rings. The van der Waals surface area contributed by atoms with Gasteiger partial charge in [-0.2, -0.15) is 0 Å². The average Bonchev–Trinajstić information content (AvgIpc) is 3.16. The van der Waals surface area contributed by atoms with Crippen molar-refractivity contribution in [3.63, 3.8) is 0 Å². The van der Waals surface area contributed by atoms with E-state index in [2.05, 4.69) is 5.32 Å². The van der Waals surface area contributed by atoms with Crippen LogP contribution in [0.25, 0.3) is 0 Å². The summed E-state index contributed by atoms with van der Waals surface area (Å²) in [7, 11) is 1.51. The molecule has 0 heterocycles. The normalized spacial score (nSPS) is 15.9. The Morgan fingerprint density at radius 1 is 1.53 bits per heavy atom. The Balaban J connectivity index is 2.04. The number of benzene rings is 1. The van der Waals surface area contributed by atoms with Crippen molar-refractivity contribution in [3.05, 3.63) is 23.8 Å². The van der Waals surface area contributed by atoms with E-state index in [-0.39, 0.29) is 17.9 Å². The van der Waals surface area contributed by atoms with Crippen molar-refractivity contribution in [2.45, 2.75) is 19.3 Å². The minimum absolute atomic E-state index is 0.0845. The number of hydrogen-bond acceptors (Lipinski definition) is 4. The molecular weight excluding hydrogens is 244 g/mol. The lowest BCUT2D eigenvalue weighted by atomic mass is 10.0. The lowest BCUT2D eigenvalue weighted by Gasteiger charge is -2.16. The number of methoxy groups -OCH3 is 1. The highest BCUT2D eigenvalue weighted by atomic mass is 16.5. The summed E-state index contributed by atoms with van der Waals surface area (Å²) in [5, 5.41) is 11.9. The van der Waals surface area contributed by atoms with E-state index >= 15 is 0 Å². The summed E-state index contributed by atoms with van der Waals surface area (Å²) in [6.07, 6.45) is 2.83. The van der Waals surface area contributed by atoms with Crippen LogP contribution in [0.2, 0.25) is 0 Å². The molecule has 0 radical (unpaired) electrons. The van der Waals surface area contributed by atoms with E-state index in [9.17, 15) is 4.79 Å². The Bertz CT molecular complexity index is 470. The largest absolute Gasteiger partial charge is 0.496 e. The first-order chi connectivity index (χ1) is 9.12. The van der Waals surface area contributed by atoms with Crippen LogP contribution in [-0.4, -0.2) is 31.3 Å². The molecule has 0 aliphatic heterocycles. The van der Waals surface area contributed by atoms with Crippen molar-refractivity contribution >= 4 is 11.6 Å². The van der Waals surface area contributed by atoms with Crippen LogP contribution >= 0.6 is 0 Å². The zero-order chi connectivity index (χ0) is 13.9. The van der Waals surface area contributed by atoms with Crippen LogP contribution in [0.3, 0.4) is 0 Å². The predicted octanol–water partition coefficient (Wildman–Crippen LogP) is 1.17. The molecule has 5 nitrogen and oxygen atoms in total. The molecule has 2 rings (SSSR count). The summed E-state index contributed by atoms with van der Waals surface area (Å²) >= 11 is 0. The Morgan fingerprint density at radius 3 is 2.84 bits per heavy atom. The number of ether oxygens (including phenoxy) is 1. The Morgan fingerprint density at radius 2 is 2.26 bits per heavy atom.